The molecule has 2 aliphatic rings. The number of esters is 1. The lowest BCUT2D eigenvalue weighted by Crippen LogP contribution is -2.32. The summed E-state index contributed by atoms with van der Waals surface area (Å²) in [4.78, 5) is 55.6. The molecule has 5 rings (SSSR count). The third kappa shape index (κ3) is 4.43. The van der Waals surface area contributed by atoms with Crippen LogP contribution in [0.2, 0.25) is 0 Å². The second-order valence-electron chi connectivity index (χ2n) is 7.90. The number of aromatic amines is 1. The molecule has 1 fully saturated rings. The van der Waals surface area contributed by atoms with Crippen LogP contribution < -0.4 is 14.5 Å². The van der Waals surface area contributed by atoms with E-state index in [2.05, 4.69) is 20.9 Å². The first kappa shape index (κ1) is 23.8. The summed E-state index contributed by atoms with van der Waals surface area (Å²) in [6, 6.07) is 14.0. The monoisotopic (exact) mass is 574 g/mol. The van der Waals surface area contributed by atoms with Crippen molar-refractivity contribution in [2.75, 3.05) is 18.1 Å². The number of H-pyrrole nitrogens is 1. The number of thiazole rings is 1. The third-order valence-electron chi connectivity index (χ3n) is 5.79. The van der Waals surface area contributed by atoms with Gasteiger partial charge in [-0.05, 0) is 48.9 Å². The molecule has 1 aromatic heterocycles. The van der Waals surface area contributed by atoms with E-state index in [0.29, 0.717) is 21.3 Å². The molecule has 0 radical (unpaired) electrons. The summed E-state index contributed by atoms with van der Waals surface area (Å²) in [5.41, 5.74) is 1.22. The van der Waals surface area contributed by atoms with Gasteiger partial charge in [0.05, 0.1) is 23.2 Å². The van der Waals surface area contributed by atoms with Crippen molar-refractivity contribution >= 4 is 62.5 Å². The van der Waals surface area contributed by atoms with E-state index in [4.69, 9.17) is 9.47 Å². The highest BCUT2D eigenvalue weighted by Crippen LogP contribution is 2.53. The number of amides is 2. The molecule has 1 saturated heterocycles. The van der Waals surface area contributed by atoms with E-state index in [0.717, 1.165) is 21.4 Å². The van der Waals surface area contributed by atoms with Crippen molar-refractivity contribution in [3.05, 3.63) is 73.1 Å². The number of ether oxygens (including phenoxy) is 2. The van der Waals surface area contributed by atoms with Crippen LogP contribution in [0, 0.1) is 5.92 Å². The number of rotatable bonds is 6. The number of nitrogens with zero attached hydrogens (tertiary/aromatic N) is 1. The summed E-state index contributed by atoms with van der Waals surface area (Å²) >= 11 is 5.64. The van der Waals surface area contributed by atoms with Crippen LogP contribution in [0.1, 0.15) is 23.3 Å². The second kappa shape index (κ2) is 9.63. The van der Waals surface area contributed by atoms with E-state index in [1.54, 1.807) is 49.4 Å². The van der Waals surface area contributed by atoms with Gasteiger partial charge in [-0.1, -0.05) is 51.2 Å². The Hall–Kier alpha value is -2.89. The van der Waals surface area contributed by atoms with Crippen LogP contribution in [-0.2, 0) is 19.1 Å². The van der Waals surface area contributed by atoms with Gasteiger partial charge in [-0.3, -0.25) is 14.4 Å². The van der Waals surface area contributed by atoms with Gasteiger partial charge in [0, 0.05) is 15.3 Å². The van der Waals surface area contributed by atoms with Gasteiger partial charge >= 0.3 is 10.8 Å². The highest BCUT2D eigenvalue weighted by Gasteiger charge is 2.56. The molecular formula is C24H19BrN2O6S2. The number of hydrogen-bond donors (Lipinski definition) is 1. The Morgan fingerprint density at radius 1 is 1.11 bits per heavy atom. The number of imide groups is 1. The average molecular weight is 575 g/mol. The Kier molecular flexibility index (Phi) is 6.56. The Morgan fingerprint density at radius 3 is 2.63 bits per heavy atom. The van der Waals surface area contributed by atoms with Gasteiger partial charge in [-0.15, -0.1) is 0 Å². The summed E-state index contributed by atoms with van der Waals surface area (Å²) in [7, 11) is 0. The van der Waals surface area contributed by atoms with Gasteiger partial charge in [0.25, 0.3) is 0 Å². The first-order valence-corrected chi connectivity index (χ1v) is 13.3. The number of thioether (sulfide) groups is 1. The van der Waals surface area contributed by atoms with Crippen molar-refractivity contribution in [2.45, 2.75) is 23.1 Å². The number of hydrogen-bond acceptors (Lipinski definition) is 8. The molecule has 2 aliphatic heterocycles. The maximum atomic E-state index is 13.7. The van der Waals surface area contributed by atoms with Crippen LogP contribution in [0.15, 0.2) is 62.8 Å². The van der Waals surface area contributed by atoms with Gasteiger partial charge in [0.1, 0.15) is 11.0 Å². The highest BCUT2D eigenvalue weighted by molar-refractivity contribution is 9.10. The van der Waals surface area contributed by atoms with Gasteiger partial charge in [-0.25, -0.2) is 9.69 Å². The number of anilines is 1. The molecule has 1 N–H and O–H groups in total. The molecule has 0 bridgehead atoms. The maximum absolute atomic E-state index is 13.7. The predicted octanol–water partition coefficient (Wildman–Crippen LogP) is 3.94. The lowest BCUT2D eigenvalue weighted by Gasteiger charge is -2.30. The van der Waals surface area contributed by atoms with Crippen molar-refractivity contribution in [1.82, 2.24) is 4.98 Å². The molecule has 2 unspecified atom stereocenters. The van der Waals surface area contributed by atoms with Crippen molar-refractivity contribution in [3.8, 4) is 5.75 Å². The second-order valence-corrected chi connectivity index (χ2v) is 11.0. The van der Waals surface area contributed by atoms with Crippen LogP contribution in [0.5, 0.6) is 5.75 Å². The Bertz CT molecular complexity index is 1370. The van der Waals surface area contributed by atoms with E-state index >= 15 is 0 Å². The number of carbonyl (C=O) groups is 3. The summed E-state index contributed by atoms with van der Waals surface area (Å²) < 4.78 is 11.3. The molecule has 3 atom stereocenters. The quantitative estimate of drug-likeness (QED) is 0.351. The normalized spacial score (nSPS) is 21.0. The van der Waals surface area contributed by atoms with Gasteiger partial charge < -0.3 is 14.5 Å². The number of halogens is 1. The molecule has 180 valence electrons. The van der Waals surface area contributed by atoms with Crippen molar-refractivity contribution < 1.29 is 23.9 Å². The first-order chi connectivity index (χ1) is 16.9. The van der Waals surface area contributed by atoms with Crippen LogP contribution >= 0.6 is 39.0 Å². The zero-order chi connectivity index (χ0) is 24.7. The van der Waals surface area contributed by atoms with Crippen LogP contribution in [0.25, 0.3) is 0 Å². The lowest BCUT2D eigenvalue weighted by atomic mass is 9.83. The van der Waals surface area contributed by atoms with E-state index in [1.807, 2.05) is 6.07 Å². The molecule has 0 spiro atoms. The number of fused-ring (bicyclic) bond motifs is 2. The number of benzene rings is 2. The van der Waals surface area contributed by atoms with Crippen molar-refractivity contribution in [2.24, 2.45) is 5.92 Å². The number of nitrogens with one attached hydrogen (secondary N) is 1. The molecule has 3 heterocycles. The van der Waals surface area contributed by atoms with Gasteiger partial charge in [0.2, 0.25) is 11.8 Å². The Labute approximate surface area is 216 Å². The SMILES string of the molecule is CCOC(=O)COc1cccc([C@H]2c3sc(=O)[nH]c3SC3C(=O)N(c4ccc(Br)cc4)C(=O)C32)c1. The van der Waals surface area contributed by atoms with Crippen molar-refractivity contribution in [3.63, 3.8) is 0 Å². The Balaban J connectivity index is 1.53. The number of carbonyl (C=O) groups excluding carboxylic acids is 3. The summed E-state index contributed by atoms with van der Waals surface area (Å²) in [5, 5.41) is -0.0825. The summed E-state index contributed by atoms with van der Waals surface area (Å²) in [5.74, 6) is -1.91. The third-order valence-corrected chi connectivity index (χ3v) is 8.72. The van der Waals surface area contributed by atoms with Gasteiger partial charge in [0.15, 0.2) is 6.61 Å². The smallest absolute Gasteiger partial charge is 0.344 e. The van der Waals surface area contributed by atoms with Crippen LogP contribution in [-0.4, -0.2) is 41.2 Å². The minimum absolute atomic E-state index is 0.244. The lowest BCUT2D eigenvalue weighted by molar-refractivity contribution is -0.145. The molecule has 11 heteroatoms. The first-order valence-electron chi connectivity index (χ1n) is 10.8. The number of aromatic nitrogens is 1. The van der Waals surface area contributed by atoms with E-state index in [9.17, 15) is 19.2 Å². The molecular weight excluding hydrogens is 556 g/mol. The zero-order valence-corrected chi connectivity index (χ0v) is 21.6. The molecule has 2 aromatic carbocycles. The van der Waals surface area contributed by atoms with Gasteiger partial charge in [-0.2, -0.15) is 0 Å². The van der Waals surface area contributed by atoms with E-state index in [1.165, 1.54) is 16.7 Å². The molecule has 2 amide bonds. The fraction of sp³-hybridized carbons (Fsp3) is 0.250. The standard InChI is InChI=1S/C24H19BrN2O6S2/c1-2-32-16(28)11-33-15-5-3-4-12(10-15)17-18-20(34-21-19(17)35-24(31)26-21)23(30)27(22(18)29)14-8-6-13(25)7-9-14/h3-10,17-18,20H,2,11H2,1H3,(H,26,31)/t17-,18?,20?/m1/s1. The fourth-order valence-electron chi connectivity index (χ4n) is 4.36. The largest absolute Gasteiger partial charge is 0.482 e. The minimum atomic E-state index is -0.699. The predicted molar refractivity (Wildman–Crippen MR) is 135 cm³/mol. The Morgan fingerprint density at radius 2 is 1.89 bits per heavy atom. The molecule has 0 saturated carbocycles. The topological polar surface area (TPSA) is 106 Å². The minimum Gasteiger partial charge on any atom is -0.482 e. The average Bonchev–Trinajstić information content (AvgIpc) is 3.33. The molecule has 8 nitrogen and oxygen atoms in total. The highest BCUT2D eigenvalue weighted by atomic mass is 79.9. The molecule has 35 heavy (non-hydrogen) atoms. The fourth-order valence-corrected chi connectivity index (χ4v) is 7.14. The van der Waals surface area contributed by atoms with Crippen molar-refractivity contribution in [1.29, 1.82) is 0 Å². The molecule has 0 aliphatic carbocycles. The maximum Gasteiger partial charge on any atom is 0.344 e. The van der Waals surface area contributed by atoms with E-state index in [-0.39, 0.29) is 29.9 Å². The molecule has 3 aromatic rings. The zero-order valence-electron chi connectivity index (χ0n) is 18.4. The van der Waals surface area contributed by atoms with E-state index < -0.39 is 23.1 Å². The summed E-state index contributed by atoms with van der Waals surface area (Å²) in [6.45, 7) is 1.72. The summed E-state index contributed by atoms with van der Waals surface area (Å²) in [6.07, 6.45) is 0. The van der Waals surface area contributed by atoms with Crippen LogP contribution in [0.4, 0.5) is 5.69 Å². The van der Waals surface area contributed by atoms with Crippen LogP contribution in [0.3, 0.4) is 0 Å².